The quantitative estimate of drug-likeness (QED) is 0.741. The minimum absolute atomic E-state index is 0.0395. The Balaban J connectivity index is 1.82. The minimum atomic E-state index is -0.0395. The van der Waals surface area contributed by atoms with Crippen LogP contribution in [0.25, 0.3) is 10.9 Å². The van der Waals surface area contributed by atoms with Crippen LogP contribution in [0.4, 0.5) is 5.69 Å². The van der Waals surface area contributed by atoms with Crippen molar-refractivity contribution in [3.8, 4) is 0 Å². The molecule has 0 bridgehead atoms. The Labute approximate surface area is 132 Å². The average molecular weight is 302 g/mol. The number of nitrogens with zero attached hydrogens (tertiary/aromatic N) is 3. The van der Waals surface area contributed by atoms with Gasteiger partial charge in [-0.25, -0.2) is 4.98 Å². The highest BCUT2D eigenvalue weighted by Crippen LogP contribution is 2.13. The van der Waals surface area contributed by atoms with Crippen molar-refractivity contribution in [3.63, 3.8) is 0 Å². The SMILES string of the molecule is O=c1c2ccccc2nc2n1CC=CC2=NNc1ccccc1. The fourth-order valence-electron chi connectivity index (χ4n) is 2.60. The van der Waals surface area contributed by atoms with E-state index in [1.165, 1.54) is 0 Å². The van der Waals surface area contributed by atoms with E-state index in [4.69, 9.17) is 0 Å². The van der Waals surface area contributed by atoms with E-state index in [2.05, 4.69) is 15.5 Å². The van der Waals surface area contributed by atoms with Gasteiger partial charge in [0.25, 0.3) is 5.56 Å². The molecular weight excluding hydrogens is 288 g/mol. The Bertz CT molecular complexity index is 987. The van der Waals surface area contributed by atoms with Crippen LogP contribution in [0.1, 0.15) is 5.82 Å². The van der Waals surface area contributed by atoms with Gasteiger partial charge in [-0.1, -0.05) is 36.4 Å². The molecule has 0 aliphatic carbocycles. The van der Waals surface area contributed by atoms with Gasteiger partial charge >= 0.3 is 0 Å². The lowest BCUT2D eigenvalue weighted by Crippen LogP contribution is -2.29. The monoisotopic (exact) mass is 302 g/mol. The van der Waals surface area contributed by atoms with Crippen LogP contribution in [0.3, 0.4) is 0 Å². The molecule has 0 amide bonds. The number of aromatic nitrogens is 2. The van der Waals surface area contributed by atoms with Gasteiger partial charge < -0.3 is 0 Å². The number of anilines is 1. The number of hydrogen-bond acceptors (Lipinski definition) is 4. The van der Waals surface area contributed by atoms with E-state index >= 15 is 0 Å². The molecule has 0 saturated carbocycles. The van der Waals surface area contributed by atoms with Crippen LogP contribution in [0.15, 0.2) is 76.6 Å². The summed E-state index contributed by atoms with van der Waals surface area (Å²) in [6.07, 6.45) is 3.79. The van der Waals surface area contributed by atoms with Gasteiger partial charge in [0, 0.05) is 6.54 Å². The number of hydrogen-bond donors (Lipinski definition) is 1. The van der Waals surface area contributed by atoms with Gasteiger partial charge in [-0.05, 0) is 30.3 Å². The molecule has 0 fully saturated rings. The first-order chi connectivity index (χ1) is 11.3. The lowest BCUT2D eigenvalue weighted by Gasteiger charge is -2.15. The van der Waals surface area contributed by atoms with E-state index in [9.17, 15) is 4.79 Å². The molecule has 0 spiro atoms. The number of rotatable bonds is 2. The second-order valence-corrected chi connectivity index (χ2v) is 5.25. The van der Waals surface area contributed by atoms with Crippen LogP contribution in [-0.4, -0.2) is 15.3 Å². The highest BCUT2D eigenvalue weighted by molar-refractivity contribution is 6.08. The lowest BCUT2D eigenvalue weighted by atomic mass is 10.2. The third kappa shape index (κ3) is 2.42. The Morgan fingerprint density at radius 1 is 1.04 bits per heavy atom. The molecule has 0 atom stereocenters. The maximum atomic E-state index is 12.6. The first-order valence-corrected chi connectivity index (χ1v) is 7.38. The van der Waals surface area contributed by atoms with Crippen LogP contribution < -0.4 is 11.0 Å². The van der Waals surface area contributed by atoms with Gasteiger partial charge in [-0.15, -0.1) is 0 Å². The third-order valence-electron chi connectivity index (χ3n) is 3.73. The summed E-state index contributed by atoms with van der Waals surface area (Å²) < 4.78 is 1.65. The van der Waals surface area contributed by atoms with Crippen LogP contribution in [0.5, 0.6) is 0 Å². The first-order valence-electron chi connectivity index (χ1n) is 7.38. The largest absolute Gasteiger partial charge is 0.287 e. The number of allylic oxidation sites excluding steroid dienone is 2. The smallest absolute Gasteiger partial charge is 0.261 e. The van der Waals surface area contributed by atoms with Crippen molar-refractivity contribution in [3.05, 3.63) is 82.9 Å². The minimum Gasteiger partial charge on any atom is -0.287 e. The maximum Gasteiger partial charge on any atom is 0.261 e. The van der Waals surface area contributed by atoms with E-state index in [1.807, 2.05) is 60.7 Å². The Morgan fingerprint density at radius 3 is 2.70 bits per heavy atom. The molecule has 1 N–H and O–H groups in total. The van der Waals surface area contributed by atoms with Gasteiger partial charge in [-0.3, -0.25) is 14.8 Å². The standard InChI is InChI=1S/C18H14N4O/c23-18-14-9-4-5-10-15(14)19-17-16(11-6-12-22(17)18)21-20-13-7-2-1-3-8-13/h1-11,20H,12H2. The van der Waals surface area contributed by atoms with Gasteiger partial charge in [0.15, 0.2) is 5.82 Å². The van der Waals surface area contributed by atoms with E-state index in [1.54, 1.807) is 10.6 Å². The zero-order valence-corrected chi connectivity index (χ0v) is 12.3. The van der Waals surface area contributed by atoms with E-state index in [0.717, 1.165) is 5.69 Å². The van der Waals surface area contributed by atoms with E-state index in [-0.39, 0.29) is 5.56 Å². The summed E-state index contributed by atoms with van der Waals surface area (Å²) in [5, 5.41) is 5.03. The van der Waals surface area contributed by atoms with Crippen LogP contribution >= 0.6 is 0 Å². The van der Waals surface area contributed by atoms with Crippen molar-refractivity contribution in [1.82, 2.24) is 9.55 Å². The summed E-state index contributed by atoms with van der Waals surface area (Å²) in [7, 11) is 0. The molecule has 112 valence electrons. The Hall–Kier alpha value is -3.21. The molecule has 0 saturated heterocycles. The van der Waals surface area contributed by atoms with Crippen molar-refractivity contribution in [2.75, 3.05) is 5.43 Å². The van der Waals surface area contributed by atoms with Crippen LogP contribution in [0, 0.1) is 0 Å². The summed E-state index contributed by atoms with van der Waals surface area (Å²) in [6, 6.07) is 17.0. The summed E-state index contributed by atoms with van der Waals surface area (Å²) >= 11 is 0. The van der Waals surface area contributed by atoms with Crippen molar-refractivity contribution in [2.24, 2.45) is 5.10 Å². The van der Waals surface area contributed by atoms with Crippen molar-refractivity contribution >= 4 is 22.3 Å². The Kier molecular flexibility index (Phi) is 3.24. The topological polar surface area (TPSA) is 59.3 Å². The van der Waals surface area contributed by atoms with Crippen molar-refractivity contribution < 1.29 is 0 Å². The predicted molar refractivity (Wildman–Crippen MR) is 91.7 cm³/mol. The van der Waals surface area contributed by atoms with Gasteiger partial charge in [0.1, 0.15) is 5.71 Å². The number of nitrogens with one attached hydrogen (secondary N) is 1. The Morgan fingerprint density at radius 2 is 1.83 bits per heavy atom. The molecule has 5 nitrogen and oxygen atoms in total. The van der Waals surface area contributed by atoms with Crippen LogP contribution in [0.2, 0.25) is 0 Å². The summed E-state index contributed by atoms with van der Waals surface area (Å²) in [5.41, 5.74) is 5.18. The first kappa shape index (κ1) is 13.5. The van der Waals surface area contributed by atoms with Gasteiger partial charge in [0.2, 0.25) is 0 Å². The van der Waals surface area contributed by atoms with E-state index in [0.29, 0.717) is 29.0 Å². The summed E-state index contributed by atoms with van der Waals surface area (Å²) in [4.78, 5) is 17.2. The number of fused-ring (bicyclic) bond motifs is 2. The van der Waals surface area contributed by atoms with Crippen molar-refractivity contribution in [2.45, 2.75) is 6.54 Å². The highest BCUT2D eigenvalue weighted by Gasteiger charge is 2.16. The zero-order chi connectivity index (χ0) is 15.6. The molecule has 5 heteroatoms. The van der Waals surface area contributed by atoms with Crippen molar-refractivity contribution in [1.29, 1.82) is 0 Å². The maximum absolute atomic E-state index is 12.6. The molecule has 23 heavy (non-hydrogen) atoms. The molecule has 0 unspecified atom stereocenters. The number of benzene rings is 2. The molecule has 0 radical (unpaired) electrons. The predicted octanol–water partition coefficient (Wildman–Crippen LogP) is 2.78. The molecule has 3 aromatic rings. The van der Waals surface area contributed by atoms with Gasteiger partial charge in [0.05, 0.1) is 16.6 Å². The van der Waals surface area contributed by atoms with Gasteiger partial charge in [-0.2, -0.15) is 5.10 Å². The number of para-hydroxylation sites is 2. The molecule has 1 aromatic heterocycles. The number of hydrazone groups is 1. The summed E-state index contributed by atoms with van der Waals surface area (Å²) in [5.74, 6) is 0.583. The summed E-state index contributed by atoms with van der Waals surface area (Å²) in [6.45, 7) is 0.510. The normalized spacial score (nSPS) is 14.9. The molecule has 1 aliphatic heterocycles. The fraction of sp³-hybridized carbons (Fsp3) is 0.0556. The lowest BCUT2D eigenvalue weighted by molar-refractivity contribution is 0.748. The fourth-order valence-corrected chi connectivity index (χ4v) is 2.60. The second-order valence-electron chi connectivity index (χ2n) is 5.25. The average Bonchev–Trinajstić information content (AvgIpc) is 2.61. The zero-order valence-electron chi connectivity index (χ0n) is 12.3. The van der Waals surface area contributed by atoms with Crippen LogP contribution in [-0.2, 0) is 6.54 Å². The molecule has 2 aromatic carbocycles. The van der Waals surface area contributed by atoms with E-state index < -0.39 is 0 Å². The molecule has 4 rings (SSSR count). The molecule has 2 heterocycles. The third-order valence-corrected chi connectivity index (χ3v) is 3.73. The molecule has 1 aliphatic rings. The highest BCUT2D eigenvalue weighted by atomic mass is 16.1. The molecular formula is C18H14N4O. The second kappa shape index (κ2) is 5.53.